The average Bonchev–Trinajstić information content (AvgIpc) is 2.62. The molecule has 1 N–H and O–H groups in total. The molecule has 2 aromatic rings. The van der Waals surface area contributed by atoms with Gasteiger partial charge in [0.2, 0.25) is 5.91 Å². The van der Waals surface area contributed by atoms with Gasteiger partial charge in [-0.15, -0.1) is 11.8 Å². The van der Waals surface area contributed by atoms with Crippen LogP contribution in [0.15, 0.2) is 46.9 Å². The predicted molar refractivity (Wildman–Crippen MR) is 110 cm³/mol. The Morgan fingerprint density at radius 3 is 2.42 bits per heavy atom. The molecular weight excluding hydrogens is 416 g/mol. The van der Waals surface area contributed by atoms with E-state index in [4.69, 9.17) is 4.74 Å². The van der Waals surface area contributed by atoms with Crippen LogP contribution in [0, 0.1) is 0 Å². The number of methoxy groups -OCH3 is 1. The Bertz CT molecular complexity index is 779. The van der Waals surface area contributed by atoms with Gasteiger partial charge in [-0.2, -0.15) is 0 Å². The molecule has 0 spiro atoms. The average molecular weight is 437 g/mol. The normalized spacial score (nSPS) is 10.3. The minimum atomic E-state index is -0.0748. The van der Waals surface area contributed by atoms with Crippen molar-refractivity contribution in [3.05, 3.63) is 58.1 Å². The summed E-state index contributed by atoms with van der Waals surface area (Å²) in [4.78, 5) is 25.4. The van der Waals surface area contributed by atoms with Crippen molar-refractivity contribution in [1.82, 2.24) is 4.90 Å². The van der Waals surface area contributed by atoms with Gasteiger partial charge in [0.1, 0.15) is 5.75 Å². The minimum absolute atomic E-state index is 0.0657. The number of thioether (sulfide) groups is 1. The van der Waals surface area contributed by atoms with Gasteiger partial charge in [-0.1, -0.05) is 6.07 Å². The van der Waals surface area contributed by atoms with Crippen LogP contribution < -0.4 is 10.1 Å². The summed E-state index contributed by atoms with van der Waals surface area (Å²) in [6, 6.07) is 12.8. The molecule has 5 nitrogen and oxygen atoms in total. The Morgan fingerprint density at radius 2 is 1.85 bits per heavy atom. The third kappa shape index (κ3) is 5.78. The molecule has 0 radical (unpaired) electrons. The Kier molecular flexibility index (Phi) is 7.53. The molecule has 0 aliphatic rings. The molecule has 2 amide bonds. The molecule has 0 unspecified atom stereocenters. The first-order valence-electron chi connectivity index (χ1n) is 7.92. The van der Waals surface area contributed by atoms with Crippen molar-refractivity contribution >= 4 is 45.2 Å². The van der Waals surface area contributed by atoms with Crippen molar-refractivity contribution in [3.63, 3.8) is 0 Å². The van der Waals surface area contributed by atoms with Gasteiger partial charge in [-0.25, -0.2) is 0 Å². The van der Waals surface area contributed by atoms with Crippen molar-refractivity contribution in [3.8, 4) is 5.75 Å². The molecule has 2 aromatic carbocycles. The van der Waals surface area contributed by atoms with E-state index in [0.29, 0.717) is 17.0 Å². The van der Waals surface area contributed by atoms with Crippen LogP contribution in [0.25, 0.3) is 0 Å². The summed E-state index contributed by atoms with van der Waals surface area (Å²) < 4.78 is 6.10. The van der Waals surface area contributed by atoms with E-state index in [1.54, 1.807) is 45.5 Å². The molecule has 0 saturated heterocycles. The Labute approximate surface area is 166 Å². The highest BCUT2D eigenvalue weighted by atomic mass is 79.9. The van der Waals surface area contributed by atoms with E-state index < -0.39 is 0 Å². The second-order valence-electron chi connectivity index (χ2n) is 5.79. The summed E-state index contributed by atoms with van der Waals surface area (Å²) in [7, 11) is 5.04. The molecule has 0 aliphatic heterocycles. The standard InChI is InChI=1S/C19H21BrN2O3S/c1-22(2)19(24)14-5-7-15(8-6-14)21-18(23)12-26-11-13-4-9-17(25-3)16(20)10-13/h4-10H,11-12H2,1-3H3,(H,21,23). The molecule has 0 aliphatic carbocycles. The second-order valence-corrected chi connectivity index (χ2v) is 7.63. The highest BCUT2D eigenvalue weighted by molar-refractivity contribution is 9.10. The fourth-order valence-corrected chi connectivity index (χ4v) is 3.58. The topological polar surface area (TPSA) is 58.6 Å². The molecule has 0 bridgehead atoms. The van der Waals surface area contributed by atoms with Crippen molar-refractivity contribution in [2.45, 2.75) is 5.75 Å². The van der Waals surface area contributed by atoms with Crippen molar-refractivity contribution in [1.29, 1.82) is 0 Å². The van der Waals surface area contributed by atoms with E-state index in [9.17, 15) is 9.59 Å². The van der Waals surface area contributed by atoms with Crippen LogP contribution in [0.2, 0.25) is 0 Å². The van der Waals surface area contributed by atoms with E-state index in [0.717, 1.165) is 21.5 Å². The monoisotopic (exact) mass is 436 g/mol. The summed E-state index contributed by atoms with van der Waals surface area (Å²) in [5.41, 5.74) is 2.38. The van der Waals surface area contributed by atoms with Gasteiger partial charge in [0, 0.05) is 31.1 Å². The summed E-state index contributed by atoms with van der Waals surface area (Å²) >= 11 is 4.99. The highest BCUT2D eigenvalue weighted by Crippen LogP contribution is 2.27. The van der Waals surface area contributed by atoms with E-state index >= 15 is 0 Å². The number of hydrogen-bond donors (Lipinski definition) is 1. The molecule has 2 rings (SSSR count). The third-order valence-electron chi connectivity index (χ3n) is 3.54. The number of amides is 2. The maximum atomic E-state index is 12.1. The molecule has 0 aromatic heterocycles. The molecule has 0 saturated carbocycles. The van der Waals surface area contributed by atoms with Crippen LogP contribution in [0.4, 0.5) is 5.69 Å². The summed E-state index contributed by atoms with van der Waals surface area (Å²) in [6.07, 6.45) is 0. The highest BCUT2D eigenvalue weighted by Gasteiger charge is 2.09. The fourth-order valence-electron chi connectivity index (χ4n) is 2.21. The molecule has 7 heteroatoms. The predicted octanol–water partition coefficient (Wildman–Crippen LogP) is 4.03. The van der Waals surface area contributed by atoms with E-state index in [1.165, 1.54) is 16.7 Å². The Hall–Kier alpha value is -1.99. The Morgan fingerprint density at radius 1 is 1.15 bits per heavy atom. The lowest BCUT2D eigenvalue weighted by atomic mass is 10.2. The van der Waals surface area contributed by atoms with E-state index in [2.05, 4.69) is 21.2 Å². The Balaban J connectivity index is 1.81. The van der Waals surface area contributed by atoms with Crippen molar-refractivity contribution in [2.75, 3.05) is 32.3 Å². The van der Waals surface area contributed by atoms with Gasteiger partial charge < -0.3 is 15.0 Å². The zero-order valence-corrected chi connectivity index (χ0v) is 17.3. The molecule has 0 atom stereocenters. The van der Waals surface area contributed by atoms with Crippen LogP contribution in [0.3, 0.4) is 0 Å². The lowest BCUT2D eigenvalue weighted by Gasteiger charge is -2.11. The number of nitrogens with one attached hydrogen (secondary N) is 1. The van der Waals surface area contributed by atoms with Crippen LogP contribution in [0.5, 0.6) is 5.75 Å². The van der Waals surface area contributed by atoms with Gasteiger partial charge >= 0.3 is 0 Å². The number of rotatable bonds is 7. The quantitative estimate of drug-likeness (QED) is 0.711. The first-order chi connectivity index (χ1) is 12.4. The number of hydrogen-bond acceptors (Lipinski definition) is 4. The SMILES string of the molecule is COc1ccc(CSCC(=O)Nc2ccc(C(=O)N(C)C)cc2)cc1Br. The maximum absolute atomic E-state index is 12.1. The van der Waals surface area contributed by atoms with Crippen molar-refractivity contribution < 1.29 is 14.3 Å². The zero-order chi connectivity index (χ0) is 19.1. The van der Waals surface area contributed by atoms with Crippen molar-refractivity contribution in [2.24, 2.45) is 0 Å². The smallest absolute Gasteiger partial charge is 0.253 e. The van der Waals surface area contributed by atoms with Crippen LogP contribution in [-0.4, -0.2) is 43.7 Å². The van der Waals surface area contributed by atoms with Crippen LogP contribution in [-0.2, 0) is 10.5 Å². The maximum Gasteiger partial charge on any atom is 0.253 e. The zero-order valence-electron chi connectivity index (χ0n) is 14.9. The second kappa shape index (κ2) is 9.64. The number of carbonyl (C=O) groups excluding carboxylic acids is 2. The molecule has 138 valence electrons. The first-order valence-corrected chi connectivity index (χ1v) is 9.87. The van der Waals surface area contributed by atoms with Gasteiger partial charge in [0.05, 0.1) is 17.3 Å². The summed E-state index contributed by atoms with van der Waals surface area (Å²) in [5.74, 6) is 1.72. The third-order valence-corrected chi connectivity index (χ3v) is 5.16. The number of nitrogens with zero attached hydrogens (tertiary/aromatic N) is 1. The lowest BCUT2D eigenvalue weighted by molar-refractivity contribution is -0.113. The van der Waals surface area contributed by atoms with Crippen LogP contribution >= 0.6 is 27.7 Å². The van der Waals surface area contributed by atoms with Crippen LogP contribution in [0.1, 0.15) is 15.9 Å². The molecule has 26 heavy (non-hydrogen) atoms. The molecule has 0 heterocycles. The minimum Gasteiger partial charge on any atom is -0.496 e. The molecule has 0 fully saturated rings. The largest absolute Gasteiger partial charge is 0.496 e. The molecular formula is C19H21BrN2O3S. The number of anilines is 1. The van der Waals surface area contributed by atoms with E-state index in [1.807, 2.05) is 18.2 Å². The number of halogens is 1. The number of ether oxygens (including phenoxy) is 1. The lowest BCUT2D eigenvalue weighted by Crippen LogP contribution is -2.21. The van der Waals surface area contributed by atoms with Gasteiger partial charge in [0.25, 0.3) is 5.91 Å². The van der Waals surface area contributed by atoms with E-state index in [-0.39, 0.29) is 11.8 Å². The van der Waals surface area contributed by atoms with Gasteiger partial charge in [-0.05, 0) is 57.9 Å². The number of benzene rings is 2. The summed E-state index contributed by atoms with van der Waals surface area (Å²) in [5, 5.41) is 2.84. The van der Waals surface area contributed by atoms with Gasteiger partial charge in [0.15, 0.2) is 0 Å². The van der Waals surface area contributed by atoms with Gasteiger partial charge in [-0.3, -0.25) is 9.59 Å². The first kappa shape index (κ1) is 20.3. The number of carbonyl (C=O) groups is 2. The summed E-state index contributed by atoms with van der Waals surface area (Å²) in [6.45, 7) is 0. The fraction of sp³-hybridized carbons (Fsp3) is 0.263.